The van der Waals surface area contributed by atoms with Gasteiger partial charge >= 0.3 is 0 Å². The van der Waals surface area contributed by atoms with Gasteiger partial charge in [-0.1, -0.05) is 96.7 Å². The molecule has 7 heteroatoms. The van der Waals surface area contributed by atoms with Crippen molar-refractivity contribution in [1.29, 1.82) is 5.26 Å². The maximum Gasteiger partial charge on any atom is 0.297 e. The first-order valence-corrected chi connectivity index (χ1v) is 18.2. The topological polar surface area (TPSA) is 48.3 Å². The third-order valence-electron chi connectivity index (χ3n) is 10.6. The lowest BCUT2D eigenvalue weighted by atomic mass is 9.35. The fraction of sp³-hybridized carbons (Fsp3) is 0. The van der Waals surface area contributed by atoms with Crippen LogP contribution in [-0.4, -0.2) is 11.3 Å². The van der Waals surface area contributed by atoms with Gasteiger partial charge in [0.1, 0.15) is 5.58 Å². The number of hydrogen-bond acceptors (Lipinski definition) is 5. The van der Waals surface area contributed by atoms with Crippen LogP contribution in [0.5, 0.6) is 0 Å². The molecule has 5 nitrogen and oxygen atoms in total. The summed E-state index contributed by atoms with van der Waals surface area (Å²) in [5, 5.41) is 9.30. The normalized spacial score (nSPS) is 19.9. The number of hydrogen-bond donors (Lipinski definition) is 0. The van der Waals surface area contributed by atoms with E-state index in [0.29, 0.717) is 11.3 Å². The Balaban J connectivity index is 1.27. The van der Waals surface area contributed by atoms with Crippen LogP contribution in [0, 0.1) is 11.3 Å². The van der Waals surface area contributed by atoms with Crippen molar-refractivity contribution in [2.45, 2.75) is 0 Å². The van der Waals surface area contributed by atoms with Gasteiger partial charge in [0.2, 0.25) is 0 Å². The van der Waals surface area contributed by atoms with E-state index >= 15 is 0 Å². The van der Waals surface area contributed by atoms with Gasteiger partial charge in [-0.05, 0) is 88.5 Å². The highest BCUT2D eigenvalue weighted by Crippen LogP contribution is 2.53. The lowest BCUT2D eigenvalue weighted by Gasteiger charge is -2.44. The van der Waals surface area contributed by atoms with Gasteiger partial charge in [-0.15, -0.1) is 11.3 Å². The number of benzene rings is 8. The Bertz CT molecular complexity index is 5250. The zero-order chi connectivity index (χ0) is 61.3. The van der Waals surface area contributed by atoms with Gasteiger partial charge in [0.25, 0.3) is 6.71 Å². The van der Waals surface area contributed by atoms with Crippen LogP contribution in [0.4, 0.5) is 34.1 Å². The maximum atomic E-state index is 11.2. The number of nitrogens with zero attached hydrogens (tertiary/aromatic N) is 4. The van der Waals surface area contributed by atoms with E-state index in [2.05, 4.69) is 0 Å². The first-order chi connectivity index (χ1) is 40.0. The van der Waals surface area contributed by atoms with Crippen LogP contribution in [0.15, 0.2) is 168 Å². The summed E-state index contributed by atoms with van der Waals surface area (Å²) in [6.45, 7) is -1.91. The molecule has 3 aliphatic rings. The number of fused-ring (bicyclic) bond motifs is 14. The summed E-state index contributed by atoms with van der Waals surface area (Å²) in [5.41, 5.74) is -8.90. The van der Waals surface area contributed by atoms with Crippen LogP contribution in [0.25, 0.3) is 69.8 Å². The Morgan fingerprint density at radius 1 is 0.569 bits per heavy atom. The Labute approximate surface area is 374 Å². The van der Waals surface area contributed by atoms with E-state index in [1.807, 2.05) is 6.07 Å². The molecule has 8 aromatic carbocycles. The van der Waals surface area contributed by atoms with E-state index in [-0.39, 0.29) is 36.5 Å². The van der Waals surface area contributed by atoms with Crippen LogP contribution >= 0.6 is 11.3 Å². The zero-order valence-electron chi connectivity index (χ0n) is 55.7. The molecule has 58 heavy (non-hydrogen) atoms. The molecule has 266 valence electrons. The summed E-state index contributed by atoms with van der Waals surface area (Å²) >= 11 is 0.668. The van der Waals surface area contributed by atoms with Crippen molar-refractivity contribution in [1.82, 2.24) is 4.57 Å². The predicted octanol–water partition coefficient (Wildman–Crippen LogP) is 11.8. The third-order valence-corrected chi connectivity index (χ3v) is 11.7. The van der Waals surface area contributed by atoms with E-state index in [0.717, 1.165) is 14.4 Å². The molecule has 3 aliphatic heterocycles. The number of thiophene rings is 1. The van der Waals surface area contributed by atoms with Crippen molar-refractivity contribution in [2.24, 2.45) is 0 Å². The number of rotatable bonds is 2. The minimum atomic E-state index is -1.91. The lowest BCUT2D eigenvalue weighted by Crippen LogP contribution is -2.61. The lowest BCUT2D eigenvalue weighted by molar-refractivity contribution is 0.651. The Morgan fingerprint density at radius 3 is 2.22 bits per heavy atom. The third kappa shape index (κ3) is 3.76. The van der Waals surface area contributed by atoms with Crippen molar-refractivity contribution in [2.75, 3.05) is 9.80 Å². The van der Waals surface area contributed by atoms with E-state index in [4.69, 9.17) is 19.5 Å². The highest BCUT2D eigenvalue weighted by atomic mass is 32.1. The van der Waals surface area contributed by atoms with Gasteiger partial charge in [-0.2, -0.15) is 5.26 Å². The van der Waals surface area contributed by atoms with Gasteiger partial charge in [0.05, 0.1) is 88.1 Å². The average Bonchev–Trinajstić information content (AvgIpc) is 1.66. The van der Waals surface area contributed by atoms with Crippen LogP contribution in [-0.2, 0) is 0 Å². The average molecular weight is 782 g/mol. The van der Waals surface area contributed by atoms with Crippen molar-refractivity contribution in [3.63, 3.8) is 0 Å². The molecule has 6 heterocycles. The summed E-state index contributed by atoms with van der Waals surface area (Å²) in [5.74, 6) is 0. The number of furan rings is 1. The summed E-state index contributed by atoms with van der Waals surface area (Å²) < 4.78 is 258. The number of nitriles is 1. The monoisotopic (exact) mass is 781 g/mol. The van der Waals surface area contributed by atoms with E-state index in [1.165, 1.54) is 0 Å². The first-order valence-electron chi connectivity index (χ1n) is 30.9. The molecular weight excluding hydrogens is 727 g/mol. The number of aromatic nitrogens is 1. The molecule has 3 aromatic heterocycles. The molecule has 0 N–H and O–H groups in total. The molecule has 0 aliphatic carbocycles. The van der Waals surface area contributed by atoms with Crippen LogP contribution in [0.2, 0.25) is 0 Å². The van der Waals surface area contributed by atoms with Crippen molar-refractivity contribution >= 4 is 122 Å². The van der Waals surface area contributed by atoms with E-state index in [9.17, 15) is 27.2 Å². The van der Waals surface area contributed by atoms with Crippen molar-refractivity contribution in [3.8, 4) is 22.9 Å². The highest BCUT2D eigenvalue weighted by molar-refractivity contribution is 7.25. The van der Waals surface area contributed by atoms with E-state index in [1.54, 1.807) is 0 Å². The summed E-state index contributed by atoms with van der Waals surface area (Å²) in [6, 6.07) is -20.0. The minimum absolute atomic E-state index is 0.133. The first kappa shape index (κ1) is 15.1. The fourth-order valence-electron chi connectivity index (χ4n) is 8.46. The molecule has 0 saturated carbocycles. The largest absolute Gasteiger partial charge is 0.468 e. The van der Waals surface area contributed by atoms with Crippen molar-refractivity contribution < 1.29 is 41.4 Å². The molecule has 0 amide bonds. The second-order valence-corrected chi connectivity index (χ2v) is 14.5. The molecule has 0 bridgehead atoms. The standard InChI is InChI=1S/C51H27BN4OS/c53-28-29-24-42-47-43(25-29)56-40-17-8-14-35-33-12-4-6-16-39(33)55(48(35)40)41-18-9-15-38(50(41)56)52(47)51-49(37-26-31(20-22-44(37)57-51)30-10-2-1-3-11-30)54(42)32-21-23-46-36(27-32)34-13-5-7-19-45(34)58-46/h1-27H/i1D,2D,3D,4D,5D,6D,7D,8D,9D,10D,11D,12D,13D,14D,15D,16D,17D,18D,19D,20D,21D,22D,23D,24D,25D,26D,27D. The quantitative estimate of drug-likeness (QED) is 0.164. The molecule has 14 rings (SSSR count). The summed E-state index contributed by atoms with van der Waals surface area (Å²) in [6.07, 6.45) is 0. The SMILES string of the molecule is [2H]c1c([2H])c([2H])c(-c2c([2H])c([2H])c3oc4c(c3c2[2H])N(c2c([2H])c([2H])c3sc5c([2H])c([2H])c([2H])c([2H])c5c3c2[2H])c2c([2H])c(C#N)c([2H])c3c2B4c2c([2H])c([2H])c([2H])c4c2N3c2c([2H])c([2H])c([2H])c3c5c([2H])c([2H])c([2H])c([2H])c5n-4c23)c([2H])c1[2H]. The molecule has 0 saturated heterocycles. The van der Waals surface area contributed by atoms with Gasteiger partial charge in [-0.25, -0.2) is 0 Å². The van der Waals surface area contributed by atoms with Crippen LogP contribution in [0.1, 0.15) is 42.6 Å². The highest BCUT2D eigenvalue weighted by Gasteiger charge is 2.49. The second-order valence-electron chi connectivity index (χ2n) is 13.4. The molecule has 11 aromatic rings. The Hall–Kier alpha value is -7.53. The minimum Gasteiger partial charge on any atom is -0.468 e. The molecular formula is C51H27BN4OS. The smallest absolute Gasteiger partial charge is 0.297 e. The zero-order valence-corrected chi connectivity index (χ0v) is 29.5. The number of anilines is 6. The number of para-hydroxylation sites is 3. The molecule has 0 spiro atoms. The van der Waals surface area contributed by atoms with Gasteiger partial charge < -0.3 is 18.8 Å². The van der Waals surface area contributed by atoms with Gasteiger partial charge in [-0.3, -0.25) is 0 Å². The summed E-state index contributed by atoms with van der Waals surface area (Å²) in [7, 11) is 0. The molecule has 0 fully saturated rings. The maximum absolute atomic E-state index is 11.2. The summed E-state index contributed by atoms with van der Waals surface area (Å²) in [4.78, 5) is 1.99. The fourth-order valence-corrected chi connectivity index (χ4v) is 9.38. The molecule has 0 unspecified atom stereocenters. The Morgan fingerprint density at radius 2 is 1.33 bits per heavy atom. The van der Waals surface area contributed by atoms with Crippen molar-refractivity contribution in [3.05, 3.63) is 169 Å². The Kier molecular flexibility index (Phi) is 2.83. The van der Waals surface area contributed by atoms with Gasteiger partial charge in [0, 0.05) is 53.4 Å². The van der Waals surface area contributed by atoms with E-state index < -0.39 is 259 Å². The van der Waals surface area contributed by atoms with Crippen LogP contribution in [0.3, 0.4) is 0 Å². The van der Waals surface area contributed by atoms with Crippen LogP contribution < -0.4 is 26.4 Å². The molecule has 0 radical (unpaired) electrons. The second kappa shape index (κ2) is 10.9. The van der Waals surface area contributed by atoms with Gasteiger partial charge in [0.15, 0.2) is 0 Å². The molecule has 0 atom stereocenters. The predicted molar refractivity (Wildman–Crippen MR) is 241 cm³/mol.